The lowest BCUT2D eigenvalue weighted by Crippen LogP contribution is -2.45. The summed E-state index contributed by atoms with van der Waals surface area (Å²) in [7, 11) is 0. The number of carbonyl (C=O) groups is 1. The molecule has 2 atom stereocenters. The number of nitrogens with two attached hydrogens (primary N) is 1. The number of nitrogens with zero attached hydrogens (tertiary/aromatic N) is 2. The Balaban J connectivity index is 0.00000208. The summed E-state index contributed by atoms with van der Waals surface area (Å²) in [6, 6.07) is 9.92. The van der Waals surface area contributed by atoms with Crippen LogP contribution in [0.3, 0.4) is 0 Å². The minimum absolute atomic E-state index is 0. The number of aromatic nitrogens is 2. The summed E-state index contributed by atoms with van der Waals surface area (Å²) in [5.41, 5.74) is 8.25. The van der Waals surface area contributed by atoms with Crippen LogP contribution in [0.4, 0.5) is 0 Å². The first-order valence-corrected chi connectivity index (χ1v) is 8.71. The number of hydrogen-bond donors (Lipinski definition) is 2. The molecule has 1 amide bonds. The number of nitrogens with one attached hydrogen (secondary N) is 1. The van der Waals surface area contributed by atoms with Gasteiger partial charge in [-0.1, -0.05) is 30.3 Å². The zero-order valence-corrected chi connectivity index (χ0v) is 15.9. The molecule has 5 nitrogen and oxygen atoms in total. The zero-order chi connectivity index (χ0) is 16.4. The first-order valence-electron chi connectivity index (χ1n) is 7.92. The molecule has 0 aliphatic carbocycles. The number of aromatic amines is 1. The van der Waals surface area contributed by atoms with Crippen molar-refractivity contribution in [1.82, 2.24) is 15.1 Å². The average Bonchev–Trinajstić information content (AvgIpc) is 2.96. The molecule has 0 saturated carbocycles. The van der Waals surface area contributed by atoms with Crippen LogP contribution in [0.1, 0.15) is 30.3 Å². The molecule has 0 radical (unpaired) electrons. The van der Waals surface area contributed by atoms with E-state index in [-0.39, 0.29) is 24.4 Å². The molecule has 130 valence electrons. The Labute approximate surface area is 156 Å². The summed E-state index contributed by atoms with van der Waals surface area (Å²) in [4.78, 5) is 14.7. The van der Waals surface area contributed by atoms with Crippen LogP contribution in [0.2, 0.25) is 0 Å². The number of hydrogen-bond acceptors (Lipinski definition) is 3. The number of likely N-dealkylation sites (tertiary alicyclic amines) is 1. The largest absolute Gasteiger partial charge is 0.337 e. The Hall–Kier alpha value is -1.37. The zero-order valence-electron chi connectivity index (χ0n) is 13.5. The summed E-state index contributed by atoms with van der Waals surface area (Å²) in [5.74, 6) is 0.347. The summed E-state index contributed by atoms with van der Waals surface area (Å²) >= 11 is 3.53. The molecular formula is C17H22BrClN4O. The van der Waals surface area contributed by atoms with Gasteiger partial charge in [0, 0.05) is 24.7 Å². The highest BCUT2D eigenvalue weighted by Crippen LogP contribution is 2.30. The summed E-state index contributed by atoms with van der Waals surface area (Å²) in [5, 5.41) is 7.21. The number of H-pyrrole nitrogens is 1. The van der Waals surface area contributed by atoms with Crippen molar-refractivity contribution in [3.8, 4) is 11.3 Å². The van der Waals surface area contributed by atoms with E-state index in [1.165, 1.54) is 0 Å². The maximum atomic E-state index is 12.8. The third kappa shape index (κ3) is 3.82. The molecule has 1 aromatic carbocycles. The van der Waals surface area contributed by atoms with Gasteiger partial charge >= 0.3 is 0 Å². The van der Waals surface area contributed by atoms with E-state index in [1.807, 2.05) is 42.2 Å². The lowest BCUT2D eigenvalue weighted by Gasteiger charge is -2.34. The maximum Gasteiger partial charge on any atom is 0.273 e. The number of benzene rings is 1. The van der Waals surface area contributed by atoms with Crippen molar-refractivity contribution in [2.75, 3.05) is 13.1 Å². The Kier molecular flexibility index (Phi) is 6.43. The molecular weight excluding hydrogens is 392 g/mol. The standard InChI is InChI=1S/C17H21BrN4O.ClH/c1-11(19)13-8-5-9-22(10-13)17(23)16-14(18)15(20-21-16)12-6-3-2-4-7-12;/h2-4,6-7,11,13H,5,8-10,19H2,1H3,(H,20,21);1H. The van der Waals surface area contributed by atoms with Crippen molar-refractivity contribution in [2.45, 2.75) is 25.8 Å². The summed E-state index contributed by atoms with van der Waals surface area (Å²) in [6.07, 6.45) is 2.08. The van der Waals surface area contributed by atoms with Crippen molar-refractivity contribution in [3.05, 3.63) is 40.5 Å². The molecule has 7 heteroatoms. The second-order valence-electron chi connectivity index (χ2n) is 6.14. The van der Waals surface area contributed by atoms with Crippen LogP contribution in [0.15, 0.2) is 34.8 Å². The molecule has 1 aliphatic rings. The Bertz CT molecular complexity index is 689. The molecule has 1 saturated heterocycles. The fourth-order valence-electron chi connectivity index (χ4n) is 3.04. The third-order valence-corrected chi connectivity index (χ3v) is 5.23. The SMILES string of the molecule is CC(N)C1CCCN(C(=O)c2[nH]nc(-c3ccccc3)c2Br)C1.Cl. The predicted octanol–water partition coefficient (Wildman–Crippen LogP) is 3.46. The fourth-order valence-corrected chi connectivity index (χ4v) is 3.61. The monoisotopic (exact) mass is 412 g/mol. The van der Waals surface area contributed by atoms with Crippen molar-refractivity contribution >= 4 is 34.2 Å². The molecule has 1 aliphatic heterocycles. The Morgan fingerprint density at radius 1 is 1.42 bits per heavy atom. The van der Waals surface area contributed by atoms with Gasteiger partial charge in [-0.05, 0) is 41.6 Å². The normalized spacial score (nSPS) is 18.8. The van der Waals surface area contributed by atoms with Crippen LogP contribution in [0, 0.1) is 5.92 Å². The Morgan fingerprint density at radius 3 is 2.79 bits per heavy atom. The lowest BCUT2D eigenvalue weighted by atomic mass is 9.92. The van der Waals surface area contributed by atoms with Crippen molar-refractivity contribution in [1.29, 1.82) is 0 Å². The van der Waals surface area contributed by atoms with Gasteiger partial charge in [0.05, 0.1) is 4.47 Å². The van der Waals surface area contributed by atoms with Gasteiger partial charge in [-0.2, -0.15) is 5.10 Å². The molecule has 1 aromatic heterocycles. The van der Waals surface area contributed by atoms with Gasteiger partial charge in [0.25, 0.3) is 5.91 Å². The number of amides is 1. The fraction of sp³-hybridized carbons (Fsp3) is 0.412. The molecule has 2 unspecified atom stereocenters. The van der Waals surface area contributed by atoms with Gasteiger partial charge in [0.15, 0.2) is 0 Å². The second-order valence-corrected chi connectivity index (χ2v) is 6.93. The van der Waals surface area contributed by atoms with Crippen LogP contribution in [-0.2, 0) is 0 Å². The highest BCUT2D eigenvalue weighted by atomic mass is 79.9. The van der Waals surface area contributed by atoms with Gasteiger partial charge in [-0.25, -0.2) is 0 Å². The second kappa shape index (κ2) is 8.14. The highest BCUT2D eigenvalue weighted by Gasteiger charge is 2.29. The minimum atomic E-state index is -0.0168. The van der Waals surface area contributed by atoms with Crippen molar-refractivity contribution in [2.24, 2.45) is 11.7 Å². The van der Waals surface area contributed by atoms with Gasteiger partial charge in [0.1, 0.15) is 11.4 Å². The quantitative estimate of drug-likeness (QED) is 0.809. The number of carbonyl (C=O) groups excluding carboxylic acids is 1. The van der Waals surface area contributed by atoms with E-state index in [9.17, 15) is 4.79 Å². The average molecular weight is 414 g/mol. The lowest BCUT2D eigenvalue weighted by molar-refractivity contribution is 0.0654. The van der Waals surface area contributed by atoms with Gasteiger partial charge in [-0.3, -0.25) is 9.89 Å². The molecule has 2 aromatic rings. The smallest absolute Gasteiger partial charge is 0.273 e. The van der Waals surface area contributed by atoms with Gasteiger partial charge in [0.2, 0.25) is 0 Å². The van der Waals surface area contributed by atoms with E-state index < -0.39 is 0 Å². The van der Waals surface area contributed by atoms with Crippen LogP contribution in [0.5, 0.6) is 0 Å². The predicted molar refractivity (Wildman–Crippen MR) is 101 cm³/mol. The van der Waals surface area contributed by atoms with E-state index in [2.05, 4.69) is 26.1 Å². The molecule has 3 N–H and O–H groups in total. The highest BCUT2D eigenvalue weighted by molar-refractivity contribution is 9.10. The van der Waals surface area contributed by atoms with Gasteiger partial charge in [-0.15, -0.1) is 12.4 Å². The molecule has 3 rings (SSSR count). The first-order chi connectivity index (χ1) is 11.1. The maximum absolute atomic E-state index is 12.8. The van der Waals surface area contributed by atoms with E-state index in [1.54, 1.807) is 0 Å². The topological polar surface area (TPSA) is 75.0 Å². The molecule has 2 heterocycles. The summed E-state index contributed by atoms with van der Waals surface area (Å²) in [6.45, 7) is 3.50. The summed E-state index contributed by atoms with van der Waals surface area (Å²) < 4.78 is 0.719. The van der Waals surface area contributed by atoms with Crippen molar-refractivity contribution < 1.29 is 4.79 Å². The first kappa shape index (κ1) is 19.0. The minimum Gasteiger partial charge on any atom is -0.337 e. The molecule has 1 fully saturated rings. The number of halogens is 2. The van der Waals surface area contributed by atoms with E-state index in [0.717, 1.165) is 35.1 Å². The molecule has 24 heavy (non-hydrogen) atoms. The van der Waals surface area contributed by atoms with Crippen LogP contribution in [-0.4, -0.2) is 40.1 Å². The third-order valence-electron chi connectivity index (χ3n) is 4.46. The van der Waals surface area contributed by atoms with E-state index in [0.29, 0.717) is 18.2 Å². The van der Waals surface area contributed by atoms with Crippen LogP contribution < -0.4 is 5.73 Å². The van der Waals surface area contributed by atoms with E-state index >= 15 is 0 Å². The van der Waals surface area contributed by atoms with Gasteiger partial charge < -0.3 is 10.6 Å². The van der Waals surface area contributed by atoms with Crippen molar-refractivity contribution in [3.63, 3.8) is 0 Å². The number of piperidine rings is 1. The molecule has 0 spiro atoms. The number of rotatable bonds is 3. The Morgan fingerprint density at radius 2 is 2.12 bits per heavy atom. The van der Waals surface area contributed by atoms with E-state index in [4.69, 9.17) is 5.73 Å². The molecule has 0 bridgehead atoms. The van der Waals surface area contributed by atoms with Crippen LogP contribution >= 0.6 is 28.3 Å². The van der Waals surface area contributed by atoms with Crippen LogP contribution in [0.25, 0.3) is 11.3 Å².